The van der Waals surface area contributed by atoms with Crippen molar-refractivity contribution in [3.8, 4) is 11.3 Å². The molecule has 2 N–H and O–H groups in total. The van der Waals surface area contributed by atoms with Crippen LogP contribution in [0.3, 0.4) is 0 Å². The molecule has 1 aromatic carbocycles. The van der Waals surface area contributed by atoms with Crippen molar-refractivity contribution < 1.29 is 9.50 Å². The number of piperazine rings is 1. The zero-order chi connectivity index (χ0) is 18.6. The third-order valence-electron chi connectivity index (χ3n) is 6.11. The van der Waals surface area contributed by atoms with Gasteiger partial charge in [0.15, 0.2) is 0 Å². The number of aromatic amines is 1. The molecule has 2 heterocycles. The van der Waals surface area contributed by atoms with Gasteiger partial charge in [-0.1, -0.05) is 12.8 Å². The van der Waals surface area contributed by atoms with Crippen LogP contribution in [0.15, 0.2) is 30.5 Å². The second kappa shape index (κ2) is 8.50. The van der Waals surface area contributed by atoms with Crippen LogP contribution in [0.25, 0.3) is 11.3 Å². The molecule has 0 spiro atoms. The smallest absolute Gasteiger partial charge is 0.123 e. The Morgan fingerprint density at radius 1 is 1.15 bits per heavy atom. The molecule has 27 heavy (non-hydrogen) atoms. The Labute approximate surface area is 160 Å². The Hall–Kier alpha value is -1.76. The fourth-order valence-corrected chi connectivity index (χ4v) is 4.74. The Kier molecular flexibility index (Phi) is 5.86. The van der Waals surface area contributed by atoms with Crippen LogP contribution >= 0.6 is 0 Å². The van der Waals surface area contributed by atoms with E-state index < -0.39 is 0 Å². The fraction of sp³-hybridized carbons (Fsp3) is 0.571. The Balaban J connectivity index is 1.44. The van der Waals surface area contributed by atoms with E-state index in [4.69, 9.17) is 0 Å². The summed E-state index contributed by atoms with van der Waals surface area (Å²) >= 11 is 0. The van der Waals surface area contributed by atoms with Gasteiger partial charge in [-0.05, 0) is 43.5 Å². The van der Waals surface area contributed by atoms with Crippen molar-refractivity contribution in [2.75, 3.05) is 26.2 Å². The van der Waals surface area contributed by atoms with Gasteiger partial charge >= 0.3 is 0 Å². The van der Waals surface area contributed by atoms with Crippen molar-refractivity contribution in [2.24, 2.45) is 0 Å². The standard InChI is InChI=1S/C21H29FN4O/c22-18-7-5-16(6-8-18)21-17(13-23-24-21)14-25-10-11-26(19-3-1-2-4-19)20(15-25)9-12-27/h5-8,13,19-20,27H,1-4,9-12,14-15H2,(H,23,24). The van der Waals surface area contributed by atoms with Crippen LogP contribution in [0.2, 0.25) is 0 Å². The fourth-order valence-electron chi connectivity index (χ4n) is 4.74. The molecule has 146 valence electrons. The number of nitrogens with zero attached hydrogens (tertiary/aromatic N) is 3. The van der Waals surface area contributed by atoms with Crippen molar-refractivity contribution in [1.82, 2.24) is 20.0 Å². The van der Waals surface area contributed by atoms with Gasteiger partial charge in [-0.25, -0.2) is 4.39 Å². The van der Waals surface area contributed by atoms with E-state index in [0.717, 1.165) is 49.4 Å². The third kappa shape index (κ3) is 4.23. The second-order valence-electron chi connectivity index (χ2n) is 7.85. The van der Waals surface area contributed by atoms with Gasteiger partial charge in [0.2, 0.25) is 0 Å². The first-order chi connectivity index (χ1) is 13.2. The molecule has 2 aromatic rings. The maximum Gasteiger partial charge on any atom is 0.123 e. The van der Waals surface area contributed by atoms with E-state index in [2.05, 4.69) is 20.0 Å². The molecule has 1 aromatic heterocycles. The quantitative estimate of drug-likeness (QED) is 0.818. The number of benzene rings is 1. The number of H-pyrrole nitrogens is 1. The third-order valence-corrected chi connectivity index (χ3v) is 6.11. The van der Waals surface area contributed by atoms with Gasteiger partial charge in [-0.3, -0.25) is 14.9 Å². The first-order valence-corrected chi connectivity index (χ1v) is 10.1. The zero-order valence-corrected chi connectivity index (χ0v) is 15.8. The Bertz CT molecular complexity index is 726. The monoisotopic (exact) mass is 372 g/mol. The summed E-state index contributed by atoms with van der Waals surface area (Å²) in [7, 11) is 0. The summed E-state index contributed by atoms with van der Waals surface area (Å²) in [5.74, 6) is -0.227. The van der Waals surface area contributed by atoms with E-state index in [1.54, 1.807) is 12.1 Å². The molecule has 1 saturated heterocycles. The second-order valence-corrected chi connectivity index (χ2v) is 7.85. The first kappa shape index (κ1) is 18.6. The highest BCUT2D eigenvalue weighted by Gasteiger charge is 2.33. The van der Waals surface area contributed by atoms with Crippen LogP contribution in [-0.4, -0.2) is 63.4 Å². The summed E-state index contributed by atoms with van der Waals surface area (Å²) < 4.78 is 13.2. The van der Waals surface area contributed by atoms with E-state index in [1.165, 1.54) is 37.8 Å². The highest BCUT2D eigenvalue weighted by molar-refractivity contribution is 5.62. The summed E-state index contributed by atoms with van der Waals surface area (Å²) in [6.45, 7) is 4.15. The van der Waals surface area contributed by atoms with Gasteiger partial charge in [-0.15, -0.1) is 0 Å². The summed E-state index contributed by atoms with van der Waals surface area (Å²) in [6.07, 6.45) is 8.00. The molecule has 2 aliphatic rings. The number of aliphatic hydroxyl groups is 1. The predicted octanol–water partition coefficient (Wildman–Crippen LogP) is 3.03. The maximum atomic E-state index is 13.2. The largest absolute Gasteiger partial charge is 0.396 e. The van der Waals surface area contributed by atoms with Crippen molar-refractivity contribution in [3.63, 3.8) is 0 Å². The van der Waals surface area contributed by atoms with Gasteiger partial charge in [0.1, 0.15) is 5.82 Å². The van der Waals surface area contributed by atoms with Crippen molar-refractivity contribution in [3.05, 3.63) is 41.8 Å². The molecule has 4 rings (SSSR count). The lowest BCUT2D eigenvalue weighted by molar-refractivity contribution is 0.0268. The number of hydrogen-bond acceptors (Lipinski definition) is 4. The van der Waals surface area contributed by atoms with E-state index in [1.807, 2.05) is 6.20 Å². The van der Waals surface area contributed by atoms with Gasteiger partial charge < -0.3 is 5.11 Å². The van der Waals surface area contributed by atoms with E-state index in [9.17, 15) is 9.50 Å². The number of aliphatic hydroxyl groups excluding tert-OH is 1. The number of halogens is 1. The lowest BCUT2D eigenvalue weighted by atomic mass is 10.0. The molecule has 6 heteroatoms. The Morgan fingerprint density at radius 2 is 1.93 bits per heavy atom. The Morgan fingerprint density at radius 3 is 2.67 bits per heavy atom. The van der Waals surface area contributed by atoms with Crippen LogP contribution in [0.5, 0.6) is 0 Å². The molecule has 1 atom stereocenters. The zero-order valence-electron chi connectivity index (χ0n) is 15.8. The highest BCUT2D eigenvalue weighted by Crippen LogP contribution is 2.29. The lowest BCUT2D eigenvalue weighted by Crippen LogP contribution is -2.56. The minimum atomic E-state index is -0.227. The minimum absolute atomic E-state index is 0.227. The van der Waals surface area contributed by atoms with E-state index >= 15 is 0 Å². The van der Waals surface area contributed by atoms with Crippen molar-refractivity contribution in [2.45, 2.75) is 50.7 Å². The molecule has 5 nitrogen and oxygen atoms in total. The summed E-state index contributed by atoms with van der Waals surface area (Å²) in [5, 5.41) is 16.8. The summed E-state index contributed by atoms with van der Waals surface area (Å²) in [4.78, 5) is 5.11. The first-order valence-electron chi connectivity index (χ1n) is 10.1. The molecule has 1 unspecified atom stereocenters. The van der Waals surface area contributed by atoms with E-state index in [0.29, 0.717) is 12.1 Å². The topological polar surface area (TPSA) is 55.4 Å². The number of aromatic nitrogens is 2. The SMILES string of the molecule is OCCC1CN(Cc2cn[nH]c2-c2ccc(F)cc2)CCN1C1CCCC1. The number of rotatable bonds is 6. The van der Waals surface area contributed by atoms with Crippen molar-refractivity contribution >= 4 is 0 Å². The normalized spacial score (nSPS) is 22.5. The van der Waals surface area contributed by atoms with Crippen LogP contribution in [0.4, 0.5) is 4.39 Å². The van der Waals surface area contributed by atoms with Crippen LogP contribution in [-0.2, 0) is 6.54 Å². The molecule has 1 aliphatic carbocycles. The van der Waals surface area contributed by atoms with Gasteiger partial charge in [0, 0.05) is 56.0 Å². The molecular weight excluding hydrogens is 343 g/mol. The van der Waals surface area contributed by atoms with Crippen LogP contribution < -0.4 is 0 Å². The maximum absolute atomic E-state index is 13.2. The summed E-state index contributed by atoms with van der Waals surface area (Å²) in [6, 6.07) is 7.67. The molecular formula is C21H29FN4O. The van der Waals surface area contributed by atoms with Crippen LogP contribution in [0.1, 0.15) is 37.7 Å². The van der Waals surface area contributed by atoms with Gasteiger partial charge in [0.25, 0.3) is 0 Å². The molecule has 1 saturated carbocycles. The minimum Gasteiger partial charge on any atom is -0.396 e. The number of nitrogens with one attached hydrogen (secondary N) is 1. The summed E-state index contributed by atoms with van der Waals surface area (Å²) in [5.41, 5.74) is 3.06. The van der Waals surface area contributed by atoms with Crippen molar-refractivity contribution in [1.29, 1.82) is 0 Å². The van der Waals surface area contributed by atoms with E-state index in [-0.39, 0.29) is 12.4 Å². The highest BCUT2D eigenvalue weighted by atomic mass is 19.1. The molecule has 0 radical (unpaired) electrons. The molecule has 2 fully saturated rings. The molecule has 0 bridgehead atoms. The van der Waals surface area contributed by atoms with Gasteiger partial charge in [-0.2, -0.15) is 5.10 Å². The average molecular weight is 372 g/mol. The van der Waals surface area contributed by atoms with Gasteiger partial charge in [0.05, 0.1) is 11.9 Å². The number of hydrogen-bond donors (Lipinski definition) is 2. The predicted molar refractivity (Wildman–Crippen MR) is 104 cm³/mol. The molecule has 1 aliphatic heterocycles. The van der Waals surface area contributed by atoms with Crippen LogP contribution in [0, 0.1) is 5.82 Å². The average Bonchev–Trinajstić information content (AvgIpc) is 3.35. The molecule has 0 amide bonds. The lowest BCUT2D eigenvalue weighted by Gasteiger charge is -2.44.